The molecule has 0 aliphatic rings. The van der Waals surface area contributed by atoms with Gasteiger partial charge in [-0.3, -0.25) is 52.7 Å². The Kier molecular flexibility index (Phi) is 26.3. The van der Waals surface area contributed by atoms with Crippen LogP contribution in [0.5, 0.6) is 0 Å². The number of benzene rings is 1. The summed E-state index contributed by atoms with van der Waals surface area (Å²) in [7, 11) is 0. The van der Waals surface area contributed by atoms with Crippen LogP contribution >= 0.6 is 23.5 Å². The van der Waals surface area contributed by atoms with Gasteiger partial charge in [-0.05, 0) is 68.8 Å². The molecule has 2 rings (SSSR count). The number of para-hydroxylation sites is 1. The van der Waals surface area contributed by atoms with E-state index in [4.69, 9.17) is 10.5 Å². The van der Waals surface area contributed by atoms with E-state index < -0.39 is 127 Å². The number of thioether (sulfide) groups is 2. The number of carboxylic acids is 2. The van der Waals surface area contributed by atoms with E-state index in [-0.39, 0.29) is 32.3 Å². The summed E-state index contributed by atoms with van der Waals surface area (Å²) in [6.45, 7) is 4.20. The van der Waals surface area contributed by atoms with Gasteiger partial charge in [0.1, 0.15) is 42.3 Å². The number of H-pyrrole nitrogens is 1. The van der Waals surface area contributed by atoms with Crippen molar-refractivity contribution in [1.82, 2.24) is 47.5 Å². The number of nitrogens with two attached hydrogens (primary N) is 1. The predicted molar refractivity (Wildman–Crippen MR) is 255 cm³/mol. The van der Waals surface area contributed by atoms with Gasteiger partial charge in [0.25, 0.3) is 0 Å². The molecular formula is C43H64N10O14S2. The molecule has 0 spiro atoms. The molecule has 1 aromatic heterocycles. The smallest absolute Gasteiger partial charge is 0.305 e. The normalized spacial score (nSPS) is 14.0. The molecule has 0 aliphatic heterocycles. The van der Waals surface area contributed by atoms with Gasteiger partial charge < -0.3 is 68.2 Å². The largest absolute Gasteiger partial charge is 0.481 e. The molecule has 0 aliphatic carbocycles. The third kappa shape index (κ3) is 21.6. The highest BCUT2D eigenvalue weighted by Gasteiger charge is 2.33. The molecule has 0 unspecified atom stereocenters. The first-order valence-electron chi connectivity index (χ1n) is 21.9. The van der Waals surface area contributed by atoms with Crippen LogP contribution < -0.4 is 48.3 Å². The zero-order valence-corrected chi connectivity index (χ0v) is 40.7. The van der Waals surface area contributed by atoms with Gasteiger partial charge in [-0.15, -0.1) is 0 Å². The molecule has 24 nitrogen and oxygen atoms in total. The minimum absolute atomic E-state index is 0.00160. The fraction of sp³-hybridized carbons (Fsp3) is 0.558. The number of aliphatic carboxylic acids is 2. The van der Waals surface area contributed by atoms with Crippen LogP contribution in [-0.2, 0) is 63.9 Å². The Bertz CT molecular complexity index is 2120. The maximum absolute atomic E-state index is 14.1. The summed E-state index contributed by atoms with van der Waals surface area (Å²) >= 11 is 2.68. The molecule has 26 heteroatoms. The number of aromatic amines is 1. The van der Waals surface area contributed by atoms with E-state index in [1.165, 1.54) is 37.4 Å². The van der Waals surface area contributed by atoms with E-state index in [1.807, 2.05) is 6.92 Å². The maximum Gasteiger partial charge on any atom is 0.305 e. The Morgan fingerprint density at radius 1 is 0.638 bits per heavy atom. The molecule has 0 saturated heterocycles. The molecule has 382 valence electrons. The molecule has 0 fully saturated rings. The zero-order valence-electron chi connectivity index (χ0n) is 39.1. The summed E-state index contributed by atoms with van der Waals surface area (Å²) in [4.78, 5) is 144. The van der Waals surface area contributed by atoms with Gasteiger partial charge >= 0.3 is 11.9 Å². The van der Waals surface area contributed by atoms with Crippen molar-refractivity contribution in [3.8, 4) is 0 Å². The van der Waals surface area contributed by atoms with Crippen LogP contribution in [0.1, 0.15) is 64.9 Å². The van der Waals surface area contributed by atoms with Crippen molar-refractivity contribution in [2.24, 2.45) is 5.73 Å². The molecule has 0 radical (unpaired) electrons. The van der Waals surface area contributed by atoms with Gasteiger partial charge in [0.15, 0.2) is 0 Å². The fourth-order valence-corrected chi connectivity index (χ4v) is 7.27. The molecular weight excluding hydrogens is 945 g/mol. The number of fused-ring (bicyclic) bond motifs is 1. The molecule has 9 amide bonds. The van der Waals surface area contributed by atoms with E-state index in [2.05, 4.69) is 47.5 Å². The van der Waals surface area contributed by atoms with Crippen LogP contribution in [0.3, 0.4) is 0 Å². The molecule has 13 N–H and O–H groups in total. The van der Waals surface area contributed by atoms with Crippen molar-refractivity contribution in [2.75, 3.05) is 43.8 Å². The molecule has 0 bridgehead atoms. The zero-order chi connectivity index (χ0) is 51.6. The third-order valence-electron chi connectivity index (χ3n) is 10.1. The number of nitrogens with one attached hydrogen (secondary N) is 9. The predicted octanol–water partition coefficient (Wildman–Crippen LogP) is -1.98. The second-order valence-corrected chi connectivity index (χ2v) is 17.7. The van der Waals surface area contributed by atoms with Crippen LogP contribution in [0.25, 0.3) is 10.9 Å². The first kappa shape index (κ1) is 58.7. The summed E-state index contributed by atoms with van der Waals surface area (Å²) in [6.07, 6.45) is 4.00. The fourth-order valence-electron chi connectivity index (χ4n) is 6.33. The first-order valence-corrected chi connectivity index (χ1v) is 24.7. The first-order chi connectivity index (χ1) is 32.7. The number of carbonyl (C=O) groups excluding carboxylic acids is 9. The minimum Gasteiger partial charge on any atom is -0.481 e. The Hall–Kier alpha value is -6.41. The number of ether oxygens (including phenoxy) is 1. The lowest BCUT2D eigenvalue weighted by Crippen LogP contribution is -2.59. The van der Waals surface area contributed by atoms with Crippen LogP contribution in [-0.4, -0.2) is 166 Å². The van der Waals surface area contributed by atoms with Crippen molar-refractivity contribution in [1.29, 1.82) is 0 Å². The number of primary amides is 1. The van der Waals surface area contributed by atoms with Crippen molar-refractivity contribution in [2.45, 2.75) is 108 Å². The topological polar surface area (TPSA) is 376 Å². The van der Waals surface area contributed by atoms with Gasteiger partial charge in [-0.25, -0.2) is 0 Å². The van der Waals surface area contributed by atoms with E-state index >= 15 is 0 Å². The lowest BCUT2D eigenvalue weighted by atomic mass is 10.0. The van der Waals surface area contributed by atoms with E-state index in [0.29, 0.717) is 23.7 Å². The summed E-state index contributed by atoms with van der Waals surface area (Å²) in [5.41, 5.74) is 6.54. The second-order valence-electron chi connectivity index (χ2n) is 15.7. The second kappa shape index (κ2) is 30.9. The number of aromatic nitrogens is 1. The monoisotopic (exact) mass is 1010 g/mol. The van der Waals surface area contributed by atoms with Crippen LogP contribution in [0.15, 0.2) is 30.5 Å². The molecule has 7 atom stereocenters. The lowest BCUT2D eigenvalue weighted by molar-refractivity contribution is -0.141. The molecule has 1 aromatic carbocycles. The van der Waals surface area contributed by atoms with Crippen molar-refractivity contribution in [3.63, 3.8) is 0 Å². The Morgan fingerprint density at radius 3 is 1.72 bits per heavy atom. The number of hydrogen-bond donors (Lipinski definition) is 12. The van der Waals surface area contributed by atoms with Crippen molar-refractivity contribution in [3.05, 3.63) is 36.0 Å². The Morgan fingerprint density at radius 2 is 1.14 bits per heavy atom. The average Bonchev–Trinajstić information content (AvgIpc) is 3.70. The number of rotatable bonds is 33. The van der Waals surface area contributed by atoms with Gasteiger partial charge in [0.05, 0.1) is 26.0 Å². The average molecular weight is 1010 g/mol. The Labute approximate surface area is 407 Å². The van der Waals surface area contributed by atoms with Crippen LogP contribution in [0, 0.1) is 0 Å². The quantitative estimate of drug-likeness (QED) is 0.0345. The highest BCUT2D eigenvalue weighted by Crippen LogP contribution is 2.19. The highest BCUT2D eigenvalue weighted by molar-refractivity contribution is 7.98. The third-order valence-corrected chi connectivity index (χ3v) is 11.4. The van der Waals surface area contributed by atoms with Crippen LogP contribution in [0.2, 0.25) is 0 Å². The van der Waals surface area contributed by atoms with E-state index in [1.54, 1.807) is 43.0 Å². The number of amides is 9. The highest BCUT2D eigenvalue weighted by atomic mass is 32.2. The van der Waals surface area contributed by atoms with Gasteiger partial charge in [-0.1, -0.05) is 25.1 Å². The van der Waals surface area contributed by atoms with E-state index in [0.717, 1.165) is 17.3 Å². The van der Waals surface area contributed by atoms with Gasteiger partial charge in [0.2, 0.25) is 53.2 Å². The standard InChI is InChI=1S/C43H64N10O14S2/c1-6-14-67-15-11-33(54)49-31(19-35(56)57)41(64)48-24(3)38(61)51-28(12-16-68-4)39(62)46-22-34(55)50-30(18-25-21-45-27-10-8-7-9-26(25)27)43(66)52-29(13-17-69-5)40(63)53-32(20-36(58)59)42(65)47-23(2)37(44)60/h7-10,21,23-24,28-32,45H,6,11-20,22H2,1-5H3,(H2,44,60)(H,46,62)(H,47,65)(H,48,64)(H,49,54)(H,50,55)(H,51,61)(H,52,66)(H,53,63)(H,56,57)(H,58,59)/t23-,24-,28-,29-,30-,31-,32-/m0/s1. The molecule has 1 heterocycles. The SMILES string of the molecule is CCCOCCC(=O)N[C@@H](CC(=O)O)C(=O)N[C@@H](C)C(=O)N[C@@H](CCSC)C(=O)NCC(=O)N[C@@H](Cc1c[nH]c2ccccc12)C(=O)N[C@@H](CCSC)C(=O)N[C@@H](CC(=O)O)C(=O)N[C@@H](C)C(N)=O. The van der Waals surface area contributed by atoms with Crippen molar-refractivity contribution >= 4 is 99.5 Å². The summed E-state index contributed by atoms with van der Waals surface area (Å²) in [5.74, 6) is -9.96. The lowest BCUT2D eigenvalue weighted by Gasteiger charge is -2.25. The van der Waals surface area contributed by atoms with Gasteiger partial charge in [-0.2, -0.15) is 23.5 Å². The maximum atomic E-state index is 14.1. The minimum atomic E-state index is -1.67. The number of hydrogen-bond acceptors (Lipinski definition) is 14. The van der Waals surface area contributed by atoms with Crippen molar-refractivity contribution < 1.29 is 67.7 Å². The number of carboxylic acid groups (broad SMARTS) is 2. The molecule has 0 saturated carbocycles. The van der Waals surface area contributed by atoms with Crippen LogP contribution in [0.4, 0.5) is 0 Å². The summed E-state index contributed by atoms with van der Waals surface area (Å²) in [6, 6.07) is -2.54. The Balaban J connectivity index is 2.26. The molecule has 69 heavy (non-hydrogen) atoms. The van der Waals surface area contributed by atoms with Gasteiger partial charge in [0, 0.05) is 36.5 Å². The summed E-state index contributed by atoms with van der Waals surface area (Å²) < 4.78 is 5.26. The summed E-state index contributed by atoms with van der Waals surface area (Å²) in [5, 5.41) is 39.0. The number of carbonyl (C=O) groups is 11. The molecule has 2 aromatic rings. The van der Waals surface area contributed by atoms with E-state index in [9.17, 15) is 63.0 Å².